The van der Waals surface area contributed by atoms with E-state index in [-0.39, 0.29) is 5.82 Å². The molecule has 0 spiro atoms. The molecule has 3 aromatic rings. The van der Waals surface area contributed by atoms with E-state index in [0.717, 1.165) is 22.1 Å². The lowest BCUT2D eigenvalue weighted by atomic mass is 9.97. The van der Waals surface area contributed by atoms with E-state index in [2.05, 4.69) is 0 Å². The average molecular weight is 286 g/mol. The van der Waals surface area contributed by atoms with Crippen molar-refractivity contribution in [1.82, 2.24) is 0 Å². The van der Waals surface area contributed by atoms with Gasteiger partial charge in [-0.25, -0.2) is 4.39 Å². The fourth-order valence-corrected chi connectivity index (χ4v) is 2.65. The van der Waals surface area contributed by atoms with Crippen LogP contribution in [-0.2, 0) is 6.54 Å². The molecular formula is C17H13ClFN. The number of fused-ring (bicyclic) bond motifs is 1. The summed E-state index contributed by atoms with van der Waals surface area (Å²) in [6.07, 6.45) is 0. The van der Waals surface area contributed by atoms with Gasteiger partial charge in [-0.05, 0) is 34.2 Å². The monoisotopic (exact) mass is 285 g/mol. The summed E-state index contributed by atoms with van der Waals surface area (Å²) in [6.45, 7) is 0.406. The molecule has 0 saturated carbocycles. The van der Waals surface area contributed by atoms with E-state index in [1.807, 2.05) is 36.4 Å². The Hall–Kier alpha value is -1.90. The smallest absolute Gasteiger partial charge is 0.131 e. The van der Waals surface area contributed by atoms with Crippen molar-refractivity contribution >= 4 is 22.4 Å². The SMILES string of the molecule is NCc1ccc(-c2ccc(F)c3ccccc23)cc1Cl. The Morgan fingerprint density at radius 3 is 2.40 bits per heavy atom. The van der Waals surface area contributed by atoms with E-state index in [9.17, 15) is 4.39 Å². The molecule has 0 aromatic heterocycles. The van der Waals surface area contributed by atoms with E-state index >= 15 is 0 Å². The van der Waals surface area contributed by atoms with Crippen molar-refractivity contribution in [1.29, 1.82) is 0 Å². The predicted molar refractivity (Wildman–Crippen MR) is 82.2 cm³/mol. The van der Waals surface area contributed by atoms with Crippen molar-refractivity contribution in [3.63, 3.8) is 0 Å². The van der Waals surface area contributed by atoms with Crippen molar-refractivity contribution in [2.24, 2.45) is 5.73 Å². The van der Waals surface area contributed by atoms with Crippen molar-refractivity contribution in [2.75, 3.05) is 0 Å². The summed E-state index contributed by atoms with van der Waals surface area (Å²) in [7, 11) is 0. The van der Waals surface area contributed by atoms with Gasteiger partial charge in [0.05, 0.1) is 0 Å². The Morgan fingerprint density at radius 2 is 1.70 bits per heavy atom. The van der Waals surface area contributed by atoms with Crippen molar-refractivity contribution in [3.05, 3.63) is 71.0 Å². The first-order valence-corrected chi connectivity index (χ1v) is 6.74. The highest BCUT2D eigenvalue weighted by Gasteiger charge is 2.08. The van der Waals surface area contributed by atoms with Gasteiger partial charge in [-0.1, -0.05) is 54.1 Å². The molecule has 0 aliphatic heterocycles. The van der Waals surface area contributed by atoms with Crippen LogP contribution in [0, 0.1) is 5.82 Å². The molecule has 0 unspecified atom stereocenters. The molecule has 0 bridgehead atoms. The van der Waals surface area contributed by atoms with Crippen molar-refractivity contribution in [2.45, 2.75) is 6.54 Å². The molecule has 0 amide bonds. The van der Waals surface area contributed by atoms with Crippen LogP contribution in [-0.4, -0.2) is 0 Å². The third-order valence-electron chi connectivity index (χ3n) is 3.45. The van der Waals surface area contributed by atoms with Crippen LogP contribution in [0.2, 0.25) is 5.02 Å². The molecule has 1 nitrogen and oxygen atoms in total. The van der Waals surface area contributed by atoms with Crippen LogP contribution in [0.1, 0.15) is 5.56 Å². The first kappa shape index (κ1) is 13.1. The Morgan fingerprint density at radius 1 is 0.950 bits per heavy atom. The second-order valence-corrected chi connectivity index (χ2v) is 5.06. The maximum absolute atomic E-state index is 13.8. The van der Waals surface area contributed by atoms with Crippen LogP contribution in [0.5, 0.6) is 0 Å². The summed E-state index contributed by atoms with van der Waals surface area (Å²) in [6, 6.07) is 16.5. The zero-order chi connectivity index (χ0) is 14.1. The fourth-order valence-electron chi connectivity index (χ4n) is 2.39. The number of hydrogen-bond donors (Lipinski definition) is 1. The molecule has 100 valence electrons. The molecule has 0 radical (unpaired) electrons. The van der Waals surface area contributed by atoms with Crippen LogP contribution < -0.4 is 5.73 Å². The Kier molecular flexibility index (Phi) is 3.43. The van der Waals surface area contributed by atoms with Gasteiger partial charge in [0.2, 0.25) is 0 Å². The lowest BCUT2D eigenvalue weighted by molar-refractivity contribution is 0.640. The Bertz CT molecular complexity index is 783. The molecule has 0 aliphatic rings. The van der Waals surface area contributed by atoms with Gasteiger partial charge in [-0.2, -0.15) is 0 Å². The highest BCUT2D eigenvalue weighted by atomic mass is 35.5. The van der Waals surface area contributed by atoms with Crippen molar-refractivity contribution < 1.29 is 4.39 Å². The summed E-state index contributed by atoms with van der Waals surface area (Å²) < 4.78 is 13.8. The molecule has 0 saturated heterocycles. The molecule has 3 rings (SSSR count). The predicted octanol–water partition coefficient (Wildman–Crippen LogP) is 4.76. The lowest BCUT2D eigenvalue weighted by Gasteiger charge is -2.10. The van der Waals surface area contributed by atoms with Gasteiger partial charge in [0.1, 0.15) is 5.82 Å². The quantitative estimate of drug-likeness (QED) is 0.722. The first-order chi connectivity index (χ1) is 9.70. The third kappa shape index (κ3) is 2.17. The molecule has 20 heavy (non-hydrogen) atoms. The molecule has 3 aromatic carbocycles. The topological polar surface area (TPSA) is 26.0 Å². The van der Waals surface area contributed by atoms with Gasteiger partial charge < -0.3 is 5.73 Å². The second-order valence-electron chi connectivity index (χ2n) is 4.65. The van der Waals surface area contributed by atoms with Gasteiger partial charge in [0, 0.05) is 17.0 Å². The van der Waals surface area contributed by atoms with E-state index in [4.69, 9.17) is 17.3 Å². The van der Waals surface area contributed by atoms with E-state index < -0.39 is 0 Å². The molecule has 0 fully saturated rings. The van der Waals surface area contributed by atoms with Crippen LogP contribution in [0.3, 0.4) is 0 Å². The molecular weight excluding hydrogens is 273 g/mol. The Balaban J connectivity index is 2.25. The van der Waals surface area contributed by atoms with Crippen LogP contribution in [0.15, 0.2) is 54.6 Å². The Labute approximate surface area is 121 Å². The second kappa shape index (κ2) is 5.23. The van der Waals surface area contributed by atoms with Gasteiger partial charge in [-0.3, -0.25) is 0 Å². The molecule has 3 heteroatoms. The number of halogens is 2. The average Bonchev–Trinajstić information content (AvgIpc) is 2.48. The summed E-state index contributed by atoms with van der Waals surface area (Å²) in [5, 5.41) is 2.13. The van der Waals surface area contributed by atoms with Gasteiger partial charge in [-0.15, -0.1) is 0 Å². The summed E-state index contributed by atoms with van der Waals surface area (Å²) in [4.78, 5) is 0. The van der Waals surface area contributed by atoms with Gasteiger partial charge in [0.15, 0.2) is 0 Å². The highest BCUT2D eigenvalue weighted by molar-refractivity contribution is 6.31. The molecule has 0 atom stereocenters. The largest absolute Gasteiger partial charge is 0.326 e. The van der Waals surface area contributed by atoms with Gasteiger partial charge in [0.25, 0.3) is 0 Å². The van der Waals surface area contributed by atoms with Crippen LogP contribution in [0.4, 0.5) is 4.39 Å². The fraction of sp³-hybridized carbons (Fsp3) is 0.0588. The number of nitrogens with two attached hydrogens (primary N) is 1. The zero-order valence-corrected chi connectivity index (χ0v) is 11.5. The lowest BCUT2D eigenvalue weighted by Crippen LogP contribution is -1.97. The van der Waals surface area contributed by atoms with E-state index in [0.29, 0.717) is 17.0 Å². The van der Waals surface area contributed by atoms with Crippen LogP contribution >= 0.6 is 11.6 Å². The molecule has 2 N–H and O–H groups in total. The van der Waals surface area contributed by atoms with Crippen LogP contribution in [0.25, 0.3) is 21.9 Å². The minimum Gasteiger partial charge on any atom is -0.326 e. The first-order valence-electron chi connectivity index (χ1n) is 6.37. The summed E-state index contributed by atoms with van der Waals surface area (Å²) in [5.41, 5.74) is 8.45. The van der Waals surface area contributed by atoms with Crippen molar-refractivity contribution in [3.8, 4) is 11.1 Å². The zero-order valence-electron chi connectivity index (χ0n) is 10.7. The normalized spacial score (nSPS) is 10.9. The number of rotatable bonds is 2. The molecule has 0 heterocycles. The van der Waals surface area contributed by atoms with Gasteiger partial charge >= 0.3 is 0 Å². The maximum atomic E-state index is 13.8. The standard InChI is InChI=1S/C17H13ClFN/c18-16-9-11(5-6-12(16)10-20)13-7-8-17(19)15-4-2-1-3-14(13)15/h1-9H,10,20H2. The maximum Gasteiger partial charge on any atom is 0.131 e. The summed E-state index contributed by atoms with van der Waals surface area (Å²) >= 11 is 6.21. The molecule has 0 aliphatic carbocycles. The minimum atomic E-state index is -0.214. The van der Waals surface area contributed by atoms with E-state index in [1.54, 1.807) is 12.1 Å². The third-order valence-corrected chi connectivity index (χ3v) is 3.81. The number of benzene rings is 3. The number of hydrogen-bond acceptors (Lipinski definition) is 1. The highest BCUT2D eigenvalue weighted by Crippen LogP contribution is 2.32. The van der Waals surface area contributed by atoms with E-state index in [1.165, 1.54) is 6.07 Å². The summed E-state index contributed by atoms with van der Waals surface area (Å²) in [5.74, 6) is -0.214. The minimum absolute atomic E-state index is 0.214.